The molecule has 14 heavy (non-hydrogen) atoms. The zero-order valence-electron chi connectivity index (χ0n) is 8.24. The van der Waals surface area contributed by atoms with E-state index < -0.39 is 0 Å². The minimum absolute atomic E-state index is 0.854. The molecule has 2 rings (SSSR count). The van der Waals surface area contributed by atoms with Gasteiger partial charge in [0.25, 0.3) is 0 Å². The minimum atomic E-state index is 0.854. The van der Waals surface area contributed by atoms with Crippen LogP contribution in [0.15, 0.2) is 30.5 Å². The molecule has 1 aromatic carbocycles. The van der Waals surface area contributed by atoms with Gasteiger partial charge < -0.3 is 10.1 Å². The van der Waals surface area contributed by atoms with Crippen molar-refractivity contribution in [2.75, 3.05) is 19.5 Å². The Kier molecular flexibility index (Phi) is 2.23. The van der Waals surface area contributed by atoms with E-state index in [-0.39, 0.29) is 0 Å². The fourth-order valence-corrected chi connectivity index (χ4v) is 1.45. The maximum atomic E-state index is 5.26. The molecule has 0 radical (unpaired) electrons. The van der Waals surface area contributed by atoms with Gasteiger partial charge in [-0.15, -0.1) is 0 Å². The van der Waals surface area contributed by atoms with Crippen LogP contribution in [0.2, 0.25) is 0 Å². The molecule has 0 bridgehead atoms. The number of pyridine rings is 1. The fourth-order valence-electron chi connectivity index (χ4n) is 1.45. The highest BCUT2D eigenvalue weighted by atomic mass is 16.5. The van der Waals surface area contributed by atoms with E-state index in [2.05, 4.69) is 10.3 Å². The van der Waals surface area contributed by atoms with Gasteiger partial charge in [0.1, 0.15) is 5.75 Å². The van der Waals surface area contributed by atoms with E-state index >= 15 is 0 Å². The highest BCUT2D eigenvalue weighted by molar-refractivity contribution is 5.87. The van der Waals surface area contributed by atoms with Gasteiger partial charge in [-0.3, -0.25) is 4.98 Å². The van der Waals surface area contributed by atoms with Gasteiger partial charge in [0, 0.05) is 24.3 Å². The summed E-state index contributed by atoms with van der Waals surface area (Å²) in [6.07, 6.45) is 1.75. The quantitative estimate of drug-likeness (QED) is 0.785. The summed E-state index contributed by atoms with van der Waals surface area (Å²) in [6.45, 7) is 0. The lowest BCUT2D eigenvalue weighted by molar-refractivity contribution is 0.419. The van der Waals surface area contributed by atoms with Crippen molar-refractivity contribution in [3.63, 3.8) is 0 Å². The number of benzene rings is 1. The lowest BCUT2D eigenvalue weighted by Gasteiger charge is -2.06. The number of nitrogens with one attached hydrogen (secondary N) is 1. The molecule has 0 saturated carbocycles. The Hall–Kier alpha value is -1.77. The largest absolute Gasteiger partial charge is 0.496 e. The van der Waals surface area contributed by atoms with Gasteiger partial charge in [-0.1, -0.05) is 0 Å². The Labute approximate surface area is 82.7 Å². The Bertz CT molecular complexity index is 454. The number of ether oxygens (including phenoxy) is 1. The van der Waals surface area contributed by atoms with E-state index in [9.17, 15) is 0 Å². The number of rotatable bonds is 2. The predicted octanol–water partition coefficient (Wildman–Crippen LogP) is 2.29. The van der Waals surface area contributed by atoms with E-state index in [1.54, 1.807) is 13.3 Å². The molecule has 0 unspecified atom stereocenters. The fraction of sp³-hybridized carbons (Fsp3) is 0.182. The molecule has 2 aromatic rings. The topological polar surface area (TPSA) is 34.2 Å². The molecule has 0 aliphatic rings. The predicted molar refractivity (Wildman–Crippen MR) is 57.8 cm³/mol. The van der Waals surface area contributed by atoms with Crippen LogP contribution in [0.5, 0.6) is 5.75 Å². The maximum Gasteiger partial charge on any atom is 0.129 e. The van der Waals surface area contributed by atoms with Crippen LogP contribution in [0.25, 0.3) is 10.9 Å². The summed E-state index contributed by atoms with van der Waals surface area (Å²) in [5, 5.41) is 4.12. The normalized spacial score (nSPS) is 10.1. The second-order valence-corrected chi connectivity index (χ2v) is 3.00. The van der Waals surface area contributed by atoms with Crippen molar-refractivity contribution in [3.8, 4) is 5.75 Å². The maximum absolute atomic E-state index is 5.26. The number of hydrogen-bond donors (Lipinski definition) is 1. The van der Waals surface area contributed by atoms with E-state index in [1.807, 2.05) is 31.3 Å². The van der Waals surface area contributed by atoms with Crippen LogP contribution in [-0.4, -0.2) is 19.1 Å². The molecule has 0 fully saturated rings. The third-order valence-corrected chi connectivity index (χ3v) is 2.21. The van der Waals surface area contributed by atoms with Crippen LogP contribution in [0, 0.1) is 0 Å². The third kappa shape index (κ3) is 1.37. The standard InChI is InChI=1S/C11H12N2O/c1-12-8-3-4-10-9(7-8)11(14-2)5-6-13-10/h3-7,12H,1-2H3. The average molecular weight is 188 g/mol. The number of nitrogens with zero attached hydrogens (tertiary/aromatic N) is 1. The number of anilines is 1. The third-order valence-electron chi connectivity index (χ3n) is 2.21. The number of methoxy groups -OCH3 is 1. The first-order valence-corrected chi connectivity index (χ1v) is 4.45. The Balaban J connectivity index is 2.70. The van der Waals surface area contributed by atoms with Crippen LogP contribution in [0.1, 0.15) is 0 Å². The monoisotopic (exact) mass is 188 g/mol. The van der Waals surface area contributed by atoms with Crippen LogP contribution >= 0.6 is 0 Å². The van der Waals surface area contributed by atoms with Gasteiger partial charge in [-0.25, -0.2) is 0 Å². The average Bonchev–Trinajstić information content (AvgIpc) is 2.27. The van der Waals surface area contributed by atoms with Crippen molar-refractivity contribution in [3.05, 3.63) is 30.5 Å². The second kappa shape index (κ2) is 3.54. The van der Waals surface area contributed by atoms with Gasteiger partial charge in [0.2, 0.25) is 0 Å². The smallest absolute Gasteiger partial charge is 0.129 e. The number of aromatic nitrogens is 1. The van der Waals surface area contributed by atoms with Crippen molar-refractivity contribution in [2.24, 2.45) is 0 Å². The van der Waals surface area contributed by atoms with E-state index in [0.29, 0.717) is 0 Å². The molecular formula is C11H12N2O. The molecule has 0 amide bonds. The first-order chi connectivity index (χ1) is 6.85. The van der Waals surface area contributed by atoms with Gasteiger partial charge >= 0.3 is 0 Å². The molecular weight excluding hydrogens is 176 g/mol. The van der Waals surface area contributed by atoms with E-state index in [0.717, 1.165) is 22.3 Å². The molecule has 0 atom stereocenters. The molecule has 1 aromatic heterocycles. The summed E-state index contributed by atoms with van der Waals surface area (Å²) >= 11 is 0. The molecule has 1 N–H and O–H groups in total. The van der Waals surface area contributed by atoms with E-state index in [4.69, 9.17) is 4.74 Å². The van der Waals surface area contributed by atoms with Gasteiger partial charge in [-0.2, -0.15) is 0 Å². The SMILES string of the molecule is CNc1ccc2nccc(OC)c2c1. The molecule has 0 aliphatic carbocycles. The highest BCUT2D eigenvalue weighted by Crippen LogP contribution is 2.25. The second-order valence-electron chi connectivity index (χ2n) is 3.00. The van der Waals surface area contributed by atoms with Crippen LogP contribution in [0.4, 0.5) is 5.69 Å². The lowest BCUT2D eigenvalue weighted by atomic mass is 10.2. The molecule has 3 nitrogen and oxygen atoms in total. The molecule has 0 aliphatic heterocycles. The minimum Gasteiger partial charge on any atom is -0.496 e. The molecule has 72 valence electrons. The summed E-state index contributed by atoms with van der Waals surface area (Å²) in [5.74, 6) is 0.854. The van der Waals surface area contributed by atoms with Crippen LogP contribution < -0.4 is 10.1 Å². The summed E-state index contributed by atoms with van der Waals surface area (Å²) in [7, 11) is 3.56. The van der Waals surface area contributed by atoms with Crippen LogP contribution in [0.3, 0.4) is 0 Å². The Morgan fingerprint density at radius 1 is 1.29 bits per heavy atom. The van der Waals surface area contributed by atoms with Crippen molar-refractivity contribution >= 4 is 16.6 Å². The highest BCUT2D eigenvalue weighted by Gasteiger charge is 2.01. The Morgan fingerprint density at radius 2 is 2.14 bits per heavy atom. The lowest BCUT2D eigenvalue weighted by Crippen LogP contribution is -1.90. The van der Waals surface area contributed by atoms with Crippen molar-refractivity contribution < 1.29 is 4.74 Å². The summed E-state index contributed by atoms with van der Waals surface area (Å²) in [6, 6.07) is 7.86. The number of fused-ring (bicyclic) bond motifs is 1. The van der Waals surface area contributed by atoms with Crippen molar-refractivity contribution in [2.45, 2.75) is 0 Å². The molecule has 0 spiro atoms. The Morgan fingerprint density at radius 3 is 2.86 bits per heavy atom. The van der Waals surface area contributed by atoms with Crippen molar-refractivity contribution in [1.82, 2.24) is 4.98 Å². The first kappa shape index (κ1) is 8.81. The van der Waals surface area contributed by atoms with Crippen molar-refractivity contribution in [1.29, 1.82) is 0 Å². The summed E-state index contributed by atoms with van der Waals surface area (Å²) in [4.78, 5) is 4.26. The zero-order chi connectivity index (χ0) is 9.97. The van der Waals surface area contributed by atoms with Gasteiger partial charge in [0.15, 0.2) is 0 Å². The van der Waals surface area contributed by atoms with Gasteiger partial charge in [0.05, 0.1) is 12.6 Å². The van der Waals surface area contributed by atoms with E-state index in [1.165, 1.54) is 0 Å². The first-order valence-electron chi connectivity index (χ1n) is 4.45. The summed E-state index contributed by atoms with van der Waals surface area (Å²) in [5.41, 5.74) is 2.01. The summed E-state index contributed by atoms with van der Waals surface area (Å²) < 4.78 is 5.26. The molecule has 3 heteroatoms. The number of hydrogen-bond acceptors (Lipinski definition) is 3. The molecule has 1 heterocycles. The zero-order valence-corrected chi connectivity index (χ0v) is 8.24. The van der Waals surface area contributed by atoms with Crippen LogP contribution in [-0.2, 0) is 0 Å². The van der Waals surface area contributed by atoms with Gasteiger partial charge in [-0.05, 0) is 24.3 Å². The molecule has 0 saturated heterocycles.